The summed E-state index contributed by atoms with van der Waals surface area (Å²) < 4.78 is 6.91. The smallest absolute Gasteiger partial charge is 0.237 e. The molecule has 19 heavy (non-hydrogen) atoms. The number of hydrogen-bond acceptors (Lipinski definition) is 4. The van der Waals surface area contributed by atoms with E-state index in [0.29, 0.717) is 19.2 Å². The molecule has 2 heterocycles. The molecule has 1 fully saturated rings. The molecule has 0 spiro atoms. The maximum atomic E-state index is 11.9. The lowest BCUT2D eigenvalue weighted by Gasteiger charge is -2.42. The Morgan fingerprint density at radius 2 is 2.37 bits per heavy atom. The van der Waals surface area contributed by atoms with E-state index >= 15 is 0 Å². The molecule has 1 saturated heterocycles. The van der Waals surface area contributed by atoms with Gasteiger partial charge in [0.05, 0.1) is 12.1 Å². The van der Waals surface area contributed by atoms with Crippen LogP contribution in [0.15, 0.2) is 18.5 Å². The maximum absolute atomic E-state index is 11.9. The number of ether oxygens (including phenoxy) is 1. The molecule has 6 heteroatoms. The second-order valence-electron chi connectivity index (χ2n) is 4.91. The molecule has 1 aliphatic heterocycles. The SMILES string of the molecule is COCCCNC(=O)[C@@H](C)N1CC(n2cccn2)C1. The Labute approximate surface area is 113 Å². The van der Waals surface area contributed by atoms with Gasteiger partial charge in [0.1, 0.15) is 0 Å². The number of nitrogens with one attached hydrogen (secondary N) is 1. The van der Waals surface area contributed by atoms with Crippen molar-refractivity contribution in [1.29, 1.82) is 0 Å². The first-order valence-electron chi connectivity index (χ1n) is 6.72. The van der Waals surface area contributed by atoms with Gasteiger partial charge in [0, 0.05) is 45.7 Å². The van der Waals surface area contributed by atoms with E-state index in [4.69, 9.17) is 4.74 Å². The topological polar surface area (TPSA) is 59.4 Å². The molecule has 0 aromatic carbocycles. The van der Waals surface area contributed by atoms with Crippen LogP contribution in [0, 0.1) is 0 Å². The lowest BCUT2D eigenvalue weighted by molar-refractivity contribution is -0.128. The van der Waals surface area contributed by atoms with E-state index < -0.39 is 0 Å². The molecule has 6 nitrogen and oxygen atoms in total. The summed E-state index contributed by atoms with van der Waals surface area (Å²) in [6, 6.07) is 2.25. The molecule has 0 aliphatic carbocycles. The van der Waals surface area contributed by atoms with Crippen LogP contribution in [0.5, 0.6) is 0 Å². The number of aromatic nitrogens is 2. The fraction of sp³-hybridized carbons (Fsp3) is 0.692. The molecule has 1 amide bonds. The highest BCUT2D eigenvalue weighted by atomic mass is 16.5. The number of nitrogens with zero attached hydrogens (tertiary/aromatic N) is 3. The Kier molecular flexibility index (Phi) is 4.93. The molecule has 1 atom stereocenters. The van der Waals surface area contributed by atoms with E-state index in [1.807, 2.05) is 23.9 Å². The normalized spacial score (nSPS) is 18.0. The number of rotatable bonds is 7. The van der Waals surface area contributed by atoms with Crippen LogP contribution in [0.4, 0.5) is 0 Å². The van der Waals surface area contributed by atoms with Crippen molar-refractivity contribution in [2.45, 2.75) is 25.4 Å². The van der Waals surface area contributed by atoms with E-state index in [9.17, 15) is 4.79 Å². The third-order valence-corrected chi connectivity index (χ3v) is 3.54. The second-order valence-corrected chi connectivity index (χ2v) is 4.91. The summed E-state index contributed by atoms with van der Waals surface area (Å²) in [5.74, 6) is 0.0926. The summed E-state index contributed by atoms with van der Waals surface area (Å²) in [7, 11) is 1.67. The van der Waals surface area contributed by atoms with E-state index in [-0.39, 0.29) is 11.9 Å². The Morgan fingerprint density at radius 3 is 3.00 bits per heavy atom. The van der Waals surface area contributed by atoms with Gasteiger partial charge in [0.15, 0.2) is 0 Å². The van der Waals surface area contributed by atoms with E-state index in [1.54, 1.807) is 13.3 Å². The minimum Gasteiger partial charge on any atom is -0.385 e. The minimum absolute atomic E-state index is 0.0747. The van der Waals surface area contributed by atoms with Crippen LogP contribution in [0.3, 0.4) is 0 Å². The van der Waals surface area contributed by atoms with Gasteiger partial charge in [-0.2, -0.15) is 5.10 Å². The summed E-state index contributed by atoms with van der Waals surface area (Å²) in [4.78, 5) is 14.1. The summed E-state index contributed by atoms with van der Waals surface area (Å²) in [5.41, 5.74) is 0. The highest BCUT2D eigenvalue weighted by molar-refractivity contribution is 5.81. The average Bonchev–Trinajstić information content (AvgIpc) is 2.86. The maximum Gasteiger partial charge on any atom is 0.237 e. The molecule has 0 unspecified atom stereocenters. The lowest BCUT2D eigenvalue weighted by atomic mass is 10.1. The molecule has 0 saturated carbocycles. The van der Waals surface area contributed by atoms with Crippen LogP contribution in [0.2, 0.25) is 0 Å². The van der Waals surface area contributed by atoms with Crippen LogP contribution in [0.1, 0.15) is 19.4 Å². The Morgan fingerprint density at radius 1 is 1.58 bits per heavy atom. The number of carbonyl (C=O) groups is 1. The molecular weight excluding hydrogens is 244 g/mol. The fourth-order valence-corrected chi connectivity index (χ4v) is 2.21. The molecule has 0 bridgehead atoms. The summed E-state index contributed by atoms with van der Waals surface area (Å²) >= 11 is 0. The third kappa shape index (κ3) is 3.54. The molecule has 1 N–H and O–H groups in total. The van der Waals surface area contributed by atoms with E-state index in [0.717, 1.165) is 19.5 Å². The zero-order valence-electron chi connectivity index (χ0n) is 11.6. The minimum atomic E-state index is -0.0747. The van der Waals surface area contributed by atoms with Gasteiger partial charge in [0.2, 0.25) is 5.91 Å². The number of carbonyl (C=O) groups excluding carboxylic acids is 1. The van der Waals surface area contributed by atoms with Gasteiger partial charge >= 0.3 is 0 Å². The first-order chi connectivity index (χ1) is 9.22. The van der Waals surface area contributed by atoms with Crippen molar-refractivity contribution in [3.05, 3.63) is 18.5 Å². The highest BCUT2D eigenvalue weighted by Gasteiger charge is 2.34. The quantitative estimate of drug-likeness (QED) is 0.720. The molecule has 1 aliphatic rings. The second kappa shape index (κ2) is 6.68. The summed E-state index contributed by atoms with van der Waals surface area (Å²) in [5, 5.41) is 7.16. The molecule has 106 valence electrons. The molecule has 0 radical (unpaired) electrons. The largest absolute Gasteiger partial charge is 0.385 e. The van der Waals surface area contributed by atoms with Gasteiger partial charge in [-0.25, -0.2) is 0 Å². The molecule has 2 rings (SSSR count). The monoisotopic (exact) mass is 266 g/mol. The van der Waals surface area contributed by atoms with Crippen LogP contribution >= 0.6 is 0 Å². The average molecular weight is 266 g/mol. The highest BCUT2D eigenvalue weighted by Crippen LogP contribution is 2.22. The molecule has 1 aromatic heterocycles. The van der Waals surface area contributed by atoms with Crippen molar-refractivity contribution >= 4 is 5.91 Å². The molecular formula is C13H22N4O2. The third-order valence-electron chi connectivity index (χ3n) is 3.54. The van der Waals surface area contributed by atoms with Crippen molar-refractivity contribution in [3.8, 4) is 0 Å². The van der Waals surface area contributed by atoms with Crippen LogP contribution in [-0.4, -0.2) is 60.0 Å². The van der Waals surface area contributed by atoms with Gasteiger partial charge < -0.3 is 10.1 Å². The van der Waals surface area contributed by atoms with Gasteiger partial charge in [-0.3, -0.25) is 14.4 Å². The first-order valence-corrected chi connectivity index (χ1v) is 6.72. The van der Waals surface area contributed by atoms with Crippen molar-refractivity contribution < 1.29 is 9.53 Å². The standard InChI is InChI=1S/C13H22N4O2/c1-11(13(18)14-5-4-8-19-2)16-9-12(10-16)17-7-3-6-15-17/h3,6-7,11-12H,4-5,8-10H2,1-2H3,(H,14,18)/t11-/m1/s1. The zero-order chi connectivity index (χ0) is 13.7. The Bertz CT molecular complexity index is 387. The summed E-state index contributed by atoms with van der Waals surface area (Å²) in [6.45, 7) is 5.07. The number of hydrogen-bond donors (Lipinski definition) is 1. The van der Waals surface area contributed by atoms with Gasteiger partial charge in [-0.15, -0.1) is 0 Å². The van der Waals surface area contributed by atoms with Crippen molar-refractivity contribution in [1.82, 2.24) is 20.0 Å². The lowest BCUT2D eigenvalue weighted by Crippen LogP contribution is -2.56. The number of likely N-dealkylation sites (tertiary alicyclic amines) is 1. The van der Waals surface area contributed by atoms with Gasteiger partial charge in [0.25, 0.3) is 0 Å². The van der Waals surface area contributed by atoms with E-state index in [2.05, 4.69) is 15.3 Å². The van der Waals surface area contributed by atoms with Gasteiger partial charge in [-0.1, -0.05) is 0 Å². The summed E-state index contributed by atoms with van der Waals surface area (Å²) in [6.07, 6.45) is 4.61. The zero-order valence-corrected chi connectivity index (χ0v) is 11.6. The first kappa shape index (κ1) is 14.0. The van der Waals surface area contributed by atoms with Gasteiger partial charge in [-0.05, 0) is 19.4 Å². The predicted molar refractivity (Wildman–Crippen MR) is 71.8 cm³/mol. The van der Waals surface area contributed by atoms with Crippen LogP contribution in [-0.2, 0) is 9.53 Å². The predicted octanol–water partition coefficient (Wildman–Crippen LogP) is 0.281. The Hall–Kier alpha value is -1.40. The van der Waals surface area contributed by atoms with Crippen LogP contribution < -0.4 is 5.32 Å². The van der Waals surface area contributed by atoms with Crippen molar-refractivity contribution in [3.63, 3.8) is 0 Å². The number of methoxy groups -OCH3 is 1. The van der Waals surface area contributed by atoms with Crippen LogP contribution in [0.25, 0.3) is 0 Å². The number of amides is 1. The van der Waals surface area contributed by atoms with Crippen molar-refractivity contribution in [2.75, 3.05) is 33.4 Å². The molecule has 1 aromatic rings. The Balaban J connectivity index is 1.67. The van der Waals surface area contributed by atoms with E-state index in [1.165, 1.54) is 0 Å². The van der Waals surface area contributed by atoms with Crippen molar-refractivity contribution in [2.24, 2.45) is 0 Å². The fourth-order valence-electron chi connectivity index (χ4n) is 2.21.